The van der Waals surface area contributed by atoms with Crippen molar-refractivity contribution < 1.29 is 23.8 Å². The molecule has 0 bridgehead atoms. The third-order valence-electron chi connectivity index (χ3n) is 7.91. The topological polar surface area (TPSA) is 68.7 Å². The molecule has 0 amide bonds. The highest BCUT2D eigenvalue weighted by atomic mass is 19.1. The number of hydrogen-bond acceptors (Lipinski definition) is 4. The first-order valence-corrected chi connectivity index (χ1v) is 13.3. The van der Waals surface area contributed by atoms with E-state index in [0.29, 0.717) is 12.3 Å². The van der Waals surface area contributed by atoms with Crippen LogP contribution in [0.15, 0.2) is 55.1 Å². The Morgan fingerprint density at radius 2 is 1.79 bits per heavy atom. The highest BCUT2D eigenvalue weighted by Gasteiger charge is 2.54. The van der Waals surface area contributed by atoms with Crippen molar-refractivity contribution in [2.45, 2.75) is 83.7 Å². The van der Waals surface area contributed by atoms with Gasteiger partial charge in [-0.3, -0.25) is 9.78 Å². The first kappa shape index (κ1) is 26.5. The molecule has 2 fully saturated rings. The predicted octanol–water partition coefficient (Wildman–Crippen LogP) is 7.73. The number of hydrogen-bond donors (Lipinski definition) is 1. The summed E-state index contributed by atoms with van der Waals surface area (Å²) in [4.78, 5) is 17.2. The fourth-order valence-corrected chi connectivity index (χ4v) is 5.78. The molecule has 2 aliphatic rings. The normalized spacial score (nSPS) is 23.4. The number of nitrogens with zero attached hydrogens (tertiary/aromatic N) is 1. The first-order valence-electron chi connectivity index (χ1n) is 13.3. The zero-order valence-electron chi connectivity index (χ0n) is 22.8. The van der Waals surface area contributed by atoms with Crippen LogP contribution in [-0.4, -0.2) is 33.6 Å². The Labute approximate surface area is 223 Å². The van der Waals surface area contributed by atoms with Crippen molar-refractivity contribution in [2.24, 2.45) is 5.41 Å². The van der Waals surface area contributed by atoms with Crippen molar-refractivity contribution in [1.82, 2.24) is 4.98 Å². The van der Waals surface area contributed by atoms with Crippen LogP contribution < -0.4 is 0 Å². The summed E-state index contributed by atoms with van der Waals surface area (Å²) in [5.74, 6) is -1.94. The number of carbonyl (C=O) groups is 1. The van der Waals surface area contributed by atoms with Crippen LogP contribution in [0.3, 0.4) is 0 Å². The van der Waals surface area contributed by atoms with Crippen molar-refractivity contribution in [3.8, 4) is 11.1 Å². The number of benzene rings is 2. The third kappa shape index (κ3) is 4.87. The number of fused-ring (bicyclic) bond motifs is 1. The first-order chi connectivity index (χ1) is 17.8. The van der Waals surface area contributed by atoms with Gasteiger partial charge in [0.15, 0.2) is 5.79 Å². The van der Waals surface area contributed by atoms with Gasteiger partial charge >= 0.3 is 5.97 Å². The van der Waals surface area contributed by atoms with Gasteiger partial charge in [0.25, 0.3) is 0 Å². The molecule has 1 saturated carbocycles. The average Bonchev–Trinajstić information content (AvgIpc) is 3.66. The fourth-order valence-electron chi connectivity index (χ4n) is 5.78. The van der Waals surface area contributed by atoms with Crippen LogP contribution in [0.1, 0.15) is 77.5 Å². The average molecular weight is 518 g/mol. The Balaban J connectivity index is 1.72. The van der Waals surface area contributed by atoms with Gasteiger partial charge in [0.2, 0.25) is 0 Å². The lowest BCUT2D eigenvalue weighted by molar-refractivity contribution is -0.345. The summed E-state index contributed by atoms with van der Waals surface area (Å²) in [6.45, 7) is 14.3. The third-order valence-corrected chi connectivity index (χ3v) is 7.91. The van der Waals surface area contributed by atoms with Gasteiger partial charge in [-0.2, -0.15) is 0 Å². The lowest BCUT2D eigenvalue weighted by Gasteiger charge is -2.54. The summed E-state index contributed by atoms with van der Waals surface area (Å²) < 4.78 is 26.9. The van der Waals surface area contributed by atoms with Gasteiger partial charge in [0.05, 0.1) is 29.3 Å². The number of carboxylic acids is 1. The Hall–Kier alpha value is -3.09. The van der Waals surface area contributed by atoms with E-state index in [2.05, 4.69) is 6.58 Å². The zero-order chi connectivity index (χ0) is 27.5. The molecule has 2 aromatic carbocycles. The molecule has 2 unspecified atom stereocenters. The van der Waals surface area contributed by atoms with E-state index in [9.17, 15) is 14.3 Å². The molecular formula is C32H36FNO4. The number of halogens is 1. The number of pyridine rings is 1. The fraction of sp³-hybridized carbons (Fsp3) is 0.438. The maximum Gasteiger partial charge on any atom is 0.306 e. The summed E-state index contributed by atoms with van der Waals surface area (Å²) >= 11 is 0. The number of carboxylic acid groups (broad SMARTS) is 1. The molecule has 0 radical (unpaired) electrons. The van der Waals surface area contributed by atoms with E-state index in [0.717, 1.165) is 51.7 Å². The van der Waals surface area contributed by atoms with E-state index < -0.39 is 28.9 Å². The van der Waals surface area contributed by atoms with Crippen LogP contribution in [0, 0.1) is 11.2 Å². The zero-order valence-corrected chi connectivity index (χ0v) is 22.8. The highest BCUT2D eigenvalue weighted by Crippen LogP contribution is 2.52. The number of aliphatic carboxylic acids is 1. The van der Waals surface area contributed by atoms with Crippen molar-refractivity contribution in [1.29, 1.82) is 0 Å². The molecule has 1 N–H and O–H groups in total. The predicted molar refractivity (Wildman–Crippen MR) is 147 cm³/mol. The molecule has 5 rings (SSSR count). The Morgan fingerprint density at radius 1 is 1.13 bits per heavy atom. The molecule has 38 heavy (non-hydrogen) atoms. The number of para-hydroxylation sites is 1. The maximum absolute atomic E-state index is 14.0. The second-order valence-electron chi connectivity index (χ2n) is 12.2. The molecule has 1 aromatic heterocycles. The van der Waals surface area contributed by atoms with Crippen LogP contribution in [0.25, 0.3) is 27.6 Å². The number of aromatic nitrogens is 1. The van der Waals surface area contributed by atoms with Gasteiger partial charge in [-0.25, -0.2) is 4.39 Å². The van der Waals surface area contributed by atoms with Crippen LogP contribution in [0.2, 0.25) is 0 Å². The van der Waals surface area contributed by atoms with E-state index >= 15 is 0 Å². The molecule has 2 atom stereocenters. The summed E-state index contributed by atoms with van der Waals surface area (Å²) in [6, 6.07) is 14.5. The smallest absolute Gasteiger partial charge is 0.306 e. The standard InChI is InChI=1S/C32H36FNO4/c1-19(25-17-32(18-26(35)36,30(2,3)4)38-31(5,6)37-25)27-28(20-13-15-22(33)16-14-20)23-9-7-8-10-24(23)34-29(27)21-11-12-21/h7-10,13-16,21,25H,1,11-12,17-18H2,2-6H3,(H,35,36). The summed E-state index contributed by atoms with van der Waals surface area (Å²) in [6.07, 6.45) is 1.77. The lowest BCUT2D eigenvalue weighted by Crippen LogP contribution is -2.59. The Bertz CT molecular complexity index is 1400. The van der Waals surface area contributed by atoms with E-state index in [4.69, 9.17) is 14.5 Å². The Morgan fingerprint density at radius 3 is 2.39 bits per heavy atom. The molecular weight excluding hydrogens is 481 g/mol. The number of ether oxygens (including phenoxy) is 2. The molecule has 1 aliphatic heterocycles. The van der Waals surface area contributed by atoms with Crippen LogP contribution in [0.5, 0.6) is 0 Å². The minimum Gasteiger partial charge on any atom is -0.481 e. The number of rotatable bonds is 6. The molecule has 2 heterocycles. The van der Waals surface area contributed by atoms with E-state index in [1.165, 1.54) is 12.1 Å². The summed E-state index contributed by atoms with van der Waals surface area (Å²) in [5.41, 5.74) is 3.89. The summed E-state index contributed by atoms with van der Waals surface area (Å²) in [7, 11) is 0. The Kier molecular flexibility index (Phi) is 6.48. The van der Waals surface area contributed by atoms with E-state index in [1.54, 1.807) is 12.1 Å². The van der Waals surface area contributed by atoms with Gasteiger partial charge in [0, 0.05) is 28.9 Å². The van der Waals surface area contributed by atoms with Crippen molar-refractivity contribution >= 4 is 22.4 Å². The van der Waals surface area contributed by atoms with Gasteiger partial charge in [-0.1, -0.05) is 57.7 Å². The molecule has 5 nitrogen and oxygen atoms in total. The minimum absolute atomic E-state index is 0.149. The van der Waals surface area contributed by atoms with Gasteiger partial charge < -0.3 is 14.6 Å². The second kappa shape index (κ2) is 9.28. The van der Waals surface area contributed by atoms with Gasteiger partial charge in [-0.15, -0.1) is 0 Å². The molecule has 6 heteroatoms. The molecule has 0 spiro atoms. The minimum atomic E-state index is -1.03. The van der Waals surface area contributed by atoms with Crippen molar-refractivity contribution in [3.63, 3.8) is 0 Å². The second-order valence-corrected chi connectivity index (χ2v) is 12.2. The lowest BCUT2D eigenvalue weighted by atomic mass is 9.69. The largest absolute Gasteiger partial charge is 0.481 e. The van der Waals surface area contributed by atoms with Gasteiger partial charge in [-0.05, 0) is 61.4 Å². The maximum atomic E-state index is 14.0. The summed E-state index contributed by atoms with van der Waals surface area (Å²) in [5, 5.41) is 10.8. The van der Waals surface area contributed by atoms with Gasteiger partial charge in [0.1, 0.15) is 5.82 Å². The monoisotopic (exact) mass is 517 g/mol. The van der Waals surface area contributed by atoms with Crippen molar-refractivity contribution in [2.75, 3.05) is 0 Å². The van der Waals surface area contributed by atoms with Crippen LogP contribution in [0.4, 0.5) is 4.39 Å². The quantitative estimate of drug-likeness (QED) is 0.362. The van der Waals surface area contributed by atoms with E-state index in [1.807, 2.05) is 58.9 Å². The molecule has 1 aliphatic carbocycles. The van der Waals surface area contributed by atoms with Crippen LogP contribution >= 0.6 is 0 Å². The van der Waals surface area contributed by atoms with Crippen LogP contribution in [-0.2, 0) is 14.3 Å². The molecule has 200 valence electrons. The van der Waals surface area contributed by atoms with Crippen molar-refractivity contribution in [3.05, 3.63) is 72.2 Å². The molecule has 3 aromatic rings. The SMILES string of the molecule is C=C(c1c(C2CC2)nc2ccccc2c1-c1ccc(F)cc1)C1CC(CC(=O)O)(C(C)(C)C)OC(C)(C)O1. The van der Waals surface area contributed by atoms with E-state index in [-0.39, 0.29) is 12.2 Å². The highest BCUT2D eigenvalue weighted by molar-refractivity contribution is 6.01. The molecule has 1 saturated heterocycles.